The molecule has 1 aromatic carbocycles. The summed E-state index contributed by atoms with van der Waals surface area (Å²) < 4.78 is 0. The van der Waals surface area contributed by atoms with Gasteiger partial charge in [-0.1, -0.05) is 25.5 Å². The van der Waals surface area contributed by atoms with E-state index in [0.29, 0.717) is 0 Å². The molecule has 0 fully saturated rings. The fraction of sp³-hybridized carbons (Fsp3) is 0.538. The Kier molecular flexibility index (Phi) is 4.63. The van der Waals surface area contributed by atoms with Crippen LogP contribution < -0.4 is 5.32 Å². The maximum Gasteiger partial charge on any atom is 0.0710 e. The second-order valence-electron chi connectivity index (χ2n) is 4.12. The predicted octanol–water partition coefficient (Wildman–Crippen LogP) is 2.82. The van der Waals surface area contributed by atoms with Crippen LogP contribution in [0.25, 0.3) is 0 Å². The van der Waals surface area contributed by atoms with Crippen molar-refractivity contribution in [1.82, 2.24) is 0 Å². The van der Waals surface area contributed by atoms with Crippen molar-refractivity contribution in [3.8, 4) is 0 Å². The number of hydrogen-bond donors (Lipinski definition) is 2. The van der Waals surface area contributed by atoms with Crippen molar-refractivity contribution in [2.45, 2.75) is 45.8 Å². The van der Waals surface area contributed by atoms with E-state index in [1.807, 2.05) is 6.92 Å². The maximum atomic E-state index is 9.36. The average Bonchev–Trinajstić information content (AvgIpc) is 2.21. The molecule has 0 saturated heterocycles. The monoisotopic (exact) mass is 207 g/mol. The molecular weight excluding hydrogens is 186 g/mol. The molecule has 0 bridgehead atoms. The molecule has 1 rings (SSSR count). The molecule has 0 aromatic heterocycles. The van der Waals surface area contributed by atoms with Crippen molar-refractivity contribution in [3.63, 3.8) is 0 Å². The Labute approximate surface area is 92.3 Å². The lowest BCUT2D eigenvalue weighted by Crippen LogP contribution is -2.27. The maximum absolute atomic E-state index is 9.36. The molecule has 2 atom stereocenters. The molecule has 2 unspecified atom stereocenters. The van der Waals surface area contributed by atoms with E-state index in [4.69, 9.17) is 0 Å². The van der Waals surface area contributed by atoms with Crippen LogP contribution in [0.4, 0.5) is 5.69 Å². The Balaban J connectivity index is 2.56. The number of anilines is 1. The lowest BCUT2D eigenvalue weighted by molar-refractivity contribution is 0.178. The van der Waals surface area contributed by atoms with E-state index < -0.39 is 0 Å². The van der Waals surface area contributed by atoms with E-state index >= 15 is 0 Å². The summed E-state index contributed by atoms with van der Waals surface area (Å²) in [6.07, 6.45) is 1.98. The topological polar surface area (TPSA) is 32.3 Å². The van der Waals surface area contributed by atoms with Gasteiger partial charge >= 0.3 is 0 Å². The van der Waals surface area contributed by atoms with Crippen molar-refractivity contribution < 1.29 is 5.11 Å². The molecule has 0 radical (unpaired) electrons. The molecular formula is C13H21NO. The fourth-order valence-corrected chi connectivity index (χ4v) is 1.44. The van der Waals surface area contributed by atoms with Crippen LogP contribution in [-0.2, 0) is 6.42 Å². The van der Waals surface area contributed by atoms with Crippen LogP contribution in [0.3, 0.4) is 0 Å². The van der Waals surface area contributed by atoms with Crippen molar-refractivity contribution in [3.05, 3.63) is 29.8 Å². The normalized spacial score (nSPS) is 14.7. The molecule has 84 valence electrons. The van der Waals surface area contributed by atoms with Crippen molar-refractivity contribution in [2.75, 3.05) is 5.32 Å². The summed E-state index contributed by atoms with van der Waals surface area (Å²) in [5, 5.41) is 12.6. The summed E-state index contributed by atoms with van der Waals surface area (Å²) in [4.78, 5) is 0. The van der Waals surface area contributed by atoms with Crippen LogP contribution >= 0.6 is 0 Å². The van der Waals surface area contributed by atoms with Gasteiger partial charge in [0, 0.05) is 11.7 Å². The molecule has 0 aliphatic rings. The molecule has 0 spiro atoms. The fourth-order valence-electron chi connectivity index (χ4n) is 1.44. The van der Waals surface area contributed by atoms with Crippen LogP contribution in [0.5, 0.6) is 0 Å². The minimum Gasteiger partial charge on any atom is -0.391 e. The lowest BCUT2D eigenvalue weighted by Gasteiger charge is -2.18. The molecule has 2 heteroatoms. The van der Waals surface area contributed by atoms with E-state index in [1.54, 1.807) is 6.92 Å². The number of aryl methyl sites for hydroxylation is 1. The minimum atomic E-state index is -0.333. The van der Waals surface area contributed by atoms with Crippen molar-refractivity contribution in [1.29, 1.82) is 0 Å². The highest BCUT2D eigenvalue weighted by atomic mass is 16.3. The van der Waals surface area contributed by atoms with Crippen LogP contribution in [0.2, 0.25) is 0 Å². The van der Waals surface area contributed by atoms with Gasteiger partial charge in [0.2, 0.25) is 0 Å². The van der Waals surface area contributed by atoms with Gasteiger partial charge in [-0.2, -0.15) is 0 Å². The third-order valence-corrected chi connectivity index (χ3v) is 2.61. The Morgan fingerprint density at radius 3 is 2.27 bits per heavy atom. The lowest BCUT2D eigenvalue weighted by atomic mass is 10.1. The highest BCUT2D eigenvalue weighted by molar-refractivity contribution is 5.45. The number of aliphatic hydroxyl groups is 1. The molecule has 0 aliphatic carbocycles. The zero-order chi connectivity index (χ0) is 11.3. The molecule has 2 N–H and O–H groups in total. The van der Waals surface area contributed by atoms with Crippen LogP contribution in [-0.4, -0.2) is 17.3 Å². The van der Waals surface area contributed by atoms with Gasteiger partial charge in [-0.05, 0) is 38.0 Å². The molecule has 0 aliphatic heterocycles. The standard InChI is InChI=1S/C13H21NO/c1-4-5-12-6-8-13(9-7-12)14-10(2)11(3)15/h6-11,14-15H,4-5H2,1-3H3. The van der Waals surface area contributed by atoms with Gasteiger partial charge in [-0.25, -0.2) is 0 Å². The van der Waals surface area contributed by atoms with Gasteiger partial charge < -0.3 is 10.4 Å². The third kappa shape index (κ3) is 3.92. The van der Waals surface area contributed by atoms with E-state index in [9.17, 15) is 5.11 Å². The number of rotatable bonds is 5. The Bertz CT molecular complexity index is 279. The van der Waals surface area contributed by atoms with Gasteiger partial charge in [-0.3, -0.25) is 0 Å². The second kappa shape index (κ2) is 5.76. The van der Waals surface area contributed by atoms with Gasteiger partial charge in [0.05, 0.1) is 6.10 Å². The molecule has 2 nitrogen and oxygen atoms in total. The van der Waals surface area contributed by atoms with Gasteiger partial charge in [0.25, 0.3) is 0 Å². The van der Waals surface area contributed by atoms with Gasteiger partial charge in [0.15, 0.2) is 0 Å². The van der Waals surface area contributed by atoms with Crippen LogP contribution in [0.1, 0.15) is 32.8 Å². The summed E-state index contributed by atoms with van der Waals surface area (Å²) in [5.41, 5.74) is 2.44. The first-order valence-electron chi connectivity index (χ1n) is 5.67. The van der Waals surface area contributed by atoms with Gasteiger partial charge in [0.1, 0.15) is 0 Å². The quantitative estimate of drug-likeness (QED) is 0.778. The van der Waals surface area contributed by atoms with Crippen LogP contribution in [0, 0.1) is 0 Å². The van der Waals surface area contributed by atoms with E-state index in [1.165, 1.54) is 12.0 Å². The minimum absolute atomic E-state index is 0.0852. The second-order valence-corrected chi connectivity index (χ2v) is 4.12. The number of hydrogen-bond acceptors (Lipinski definition) is 2. The van der Waals surface area contributed by atoms with E-state index in [-0.39, 0.29) is 12.1 Å². The Morgan fingerprint density at radius 1 is 1.20 bits per heavy atom. The van der Waals surface area contributed by atoms with Crippen molar-refractivity contribution >= 4 is 5.69 Å². The zero-order valence-electron chi connectivity index (χ0n) is 9.83. The zero-order valence-corrected chi connectivity index (χ0v) is 9.83. The number of benzene rings is 1. The first kappa shape index (κ1) is 12.1. The molecule has 1 aromatic rings. The largest absolute Gasteiger partial charge is 0.391 e. The Morgan fingerprint density at radius 2 is 1.80 bits per heavy atom. The van der Waals surface area contributed by atoms with Crippen LogP contribution in [0.15, 0.2) is 24.3 Å². The summed E-state index contributed by atoms with van der Waals surface area (Å²) in [6, 6.07) is 8.51. The molecule has 0 saturated carbocycles. The number of nitrogens with one attached hydrogen (secondary N) is 1. The van der Waals surface area contributed by atoms with Crippen molar-refractivity contribution in [2.24, 2.45) is 0 Å². The highest BCUT2D eigenvalue weighted by Gasteiger charge is 2.07. The smallest absolute Gasteiger partial charge is 0.0710 e. The van der Waals surface area contributed by atoms with Gasteiger partial charge in [-0.15, -0.1) is 0 Å². The Hall–Kier alpha value is -1.02. The molecule has 0 heterocycles. The van der Waals surface area contributed by atoms with E-state index in [2.05, 4.69) is 36.5 Å². The number of aliphatic hydroxyl groups excluding tert-OH is 1. The molecule has 15 heavy (non-hydrogen) atoms. The third-order valence-electron chi connectivity index (χ3n) is 2.61. The SMILES string of the molecule is CCCc1ccc(NC(C)C(C)O)cc1. The first-order chi connectivity index (χ1) is 7.13. The predicted molar refractivity (Wildman–Crippen MR) is 65.2 cm³/mol. The first-order valence-corrected chi connectivity index (χ1v) is 5.67. The summed E-state index contributed by atoms with van der Waals surface area (Å²) in [6.45, 7) is 5.95. The highest BCUT2D eigenvalue weighted by Crippen LogP contribution is 2.12. The molecule has 0 amide bonds. The summed E-state index contributed by atoms with van der Waals surface area (Å²) in [5.74, 6) is 0. The summed E-state index contributed by atoms with van der Waals surface area (Å²) >= 11 is 0. The van der Waals surface area contributed by atoms with E-state index in [0.717, 1.165) is 12.1 Å². The summed E-state index contributed by atoms with van der Waals surface area (Å²) in [7, 11) is 0. The average molecular weight is 207 g/mol.